The van der Waals surface area contributed by atoms with Crippen molar-refractivity contribution in [2.45, 2.75) is 68.8 Å². The van der Waals surface area contributed by atoms with E-state index >= 15 is 0 Å². The van der Waals surface area contributed by atoms with E-state index in [9.17, 15) is 13.2 Å². The number of piperidine rings is 1. The van der Waals surface area contributed by atoms with Gasteiger partial charge in [-0.2, -0.15) is 4.31 Å². The van der Waals surface area contributed by atoms with Crippen LogP contribution in [0.2, 0.25) is 0 Å². The minimum absolute atomic E-state index is 0. The number of hydrogen-bond acceptors (Lipinski definition) is 4. The summed E-state index contributed by atoms with van der Waals surface area (Å²) in [6, 6.07) is 6.42. The molecule has 0 bridgehead atoms. The smallest absolute Gasteiger partial charge is 0.254 e. The number of amides is 1. The van der Waals surface area contributed by atoms with Gasteiger partial charge in [0.05, 0.1) is 4.90 Å². The lowest BCUT2D eigenvalue weighted by Gasteiger charge is -2.38. The van der Waals surface area contributed by atoms with Crippen molar-refractivity contribution >= 4 is 28.3 Å². The number of carbonyl (C=O) groups excluding carboxylic acids is 1. The van der Waals surface area contributed by atoms with Gasteiger partial charge in [-0.1, -0.05) is 18.9 Å². The maximum atomic E-state index is 13.1. The maximum absolute atomic E-state index is 13.1. The van der Waals surface area contributed by atoms with E-state index in [0.29, 0.717) is 25.2 Å². The summed E-state index contributed by atoms with van der Waals surface area (Å²) < 4.78 is 27.7. The molecular weight excluding hydrogens is 398 g/mol. The third-order valence-corrected chi connectivity index (χ3v) is 7.60. The molecule has 1 aromatic carbocycles. The highest BCUT2D eigenvalue weighted by Crippen LogP contribution is 2.24. The number of sulfonamides is 1. The van der Waals surface area contributed by atoms with E-state index in [0.717, 1.165) is 44.9 Å². The zero-order valence-corrected chi connectivity index (χ0v) is 18.2. The molecule has 2 saturated heterocycles. The number of rotatable bonds is 4. The molecule has 28 heavy (non-hydrogen) atoms. The van der Waals surface area contributed by atoms with Crippen molar-refractivity contribution in [2.75, 3.05) is 19.6 Å². The first kappa shape index (κ1) is 23.1. The Labute approximate surface area is 174 Å². The van der Waals surface area contributed by atoms with E-state index in [2.05, 4.69) is 0 Å². The third-order valence-electron chi connectivity index (χ3n) is 5.70. The molecule has 0 aromatic heterocycles. The second-order valence-electron chi connectivity index (χ2n) is 7.77. The molecule has 2 aliphatic rings. The van der Waals surface area contributed by atoms with Crippen molar-refractivity contribution in [3.05, 3.63) is 29.8 Å². The van der Waals surface area contributed by atoms with Gasteiger partial charge in [0.25, 0.3) is 5.91 Å². The second-order valence-corrected chi connectivity index (χ2v) is 9.70. The van der Waals surface area contributed by atoms with Gasteiger partial charge in [-0.25, -0.2) is 8.42 Å². The van der Waals surface area contributed by atoms with Crippen LogP contribution in [-0.2, 0) is 10.0 Å². The van der Waals surface area contributed by atoms with Crippen molar-refractivity contribution in [2.24, 2.45) is 5.73 Å². The van der Waals surface area contributed by atoms with E-state index in [4.69, 9.17) is 5.73 Å². The van der Waals surface area contributed by atoms with Crippen LogP contribution in [-0.4, -0.2) is 55.2 Å². The van der Waals surface area contributed by atoms with Crippen molar-refractivity contribution in [3.63, 3.8) is 0 Å². The molecule has 2 N–H and O–H groups in total. The quantitative estimate of drug-likeness (QED) is 0.797. The molecule has 0 radical (unpaired) electrons. The van der Waals surface area contributed by atoms with Crippen molar-refractivity contribution in [1.29, 1.82) is 0 Å². The van der Waals surface area contributed by atoms with Crippen LogP contribution in [0, 0.1) is 0 Å². The third kappa shape index (κ3) is 5.06. The number of benzene rings is 1. The first-order chi connectivity index (χ1) is 12.9. The highest BCUT2D eigenvalue weighted by Gasteiger charge is 2.31. The molecule has 0 aliphatic carbocycles. The predicted molar refractivity (Wildman–Crippen MR) is 113 cm³/mol. The average Bonchev–Trinajstić information content (AvgIpc) is 2.97. The Morgan fingerprint density at radius 2 is 1.71 bits per heavy atom. The van der Waals surface area contributed by atoms with Crippen molar-refractivity contribution in [1.82, 2.24) is 9.21 Å². The van der Waals surface area contributed by atoms with E-state index in [1.54, 1.807) is 22.5 Å². The van der Waals surface area contributed by atoms with Gasteiger partial charge in [-0.15, -0.1) is 12.4 Å². The molecule has 2 aliphatic heterocycles. The molecule has 0 saturated carbocycles. The van der Waals surface area contributed by atoms with Crippen LogP contribution in [0.25, 0.3) is 0 Å². The Morgan fingerprint density at radius 1 is 1.07 bits per heavy atom. The molecule has 0 spiro atoms. The fraction of sp³-hybridized carbons (Fsp3) is 0.650. The van der Waals surface area contributed by atoms with Gasteiger partial charge in [0, 0.05) is 37.3 Å². The van der Waals surface area contributed by atoms with Gasteiger partial charge in [-0.3, -0.25) is 4.79 Å². The van der Waals surface area contributed by atoms with Gasteiger partial charge in [0.2, 0.25) is 10.0 Å². The molecular formula is C20H32ClN3O3S. The lowest BCUT2D eigenvalue weighted by molar-refractivity contribution is 0.0583. The maximum Gasteiger partial charge on any atom is 0.254 e. The molecule has 2 fully saturated rings. The number of likely N-dealkylation sites (tertiary alicyclic amines) is 1. The van der Waals surface area contributed by atoms with E-state index in [-0.39, 0.29) is 35.3 Å². The van der Waals surface area contributed by atoms with Crippen molar-refractivity contribution < 1.29 is 13.2 Å². The van der Waals surface area contributed by atoms with Crippen molar-refractivity contribution in [3.8, 4) is 0 Å². The summed E-state index contributed by atoms with van der Waals surface area (Å²) in [5.74, 6) is -0.120. The fourth-order valence-corrected chi connectivity index (χ4v) is 5.71. The standard InChI is InChI=1S/C20H31N3O3S.ClH/c1-16(21)19-11-4-7-14-23(19)20(24)17-9-8-10-18(15-17)27(25,26)22-12-5-2-3-6-13-22;/h8-10,15-16,19H,2-7,11-14,21H2,1H3;1H. The van der Waals surface area contributed by atoms with Crippen LogP contribution in [0.1, 0.15) is 62.2 Å². The minimum Gasteiger partial charge on any atom is -0.334 e. The summed E-state index contributed by atoms with van der Waals surface area (Å²) in [5.41, 5.74) is 6.52. The van der Waals surface area contributed by atoms with Gasteiger partial charge < -0.3 is 10.6 Å². The lowest BCUT2D eigenvalue weighted by atomic mass is 9.96. The summed E-state index contributed by atoms with van der Waals surface area (Å²) in [6.07, 6.45) is 6.84. The average molecular weight is 430 g/mol. The Bertz CT molecular complexity index is 762. The minimum atomic E-state index is -3.56. The van der Waals surface area contributed by atoms with E-state index in [1.165, 1.54) is 6.07 Å². The van der Waals surface area contributed by atoms with Crippen LogP contribution in [0.4, 0.5) is 0 Å². The second kappa shape index (κ2) is 10.1. The van der Waals surface area contributed by atoms with Gasteiger partial charge in [0.1, 0.15) is 0 Å². The summed E-state index contributed by atoms with van der Waals surface area (Å²) in [5, 5.41) is 0. The molecule has 1 aromatic rings. The summed E-state index contributed by atoms with van der Waals surface area (Å²) in [6.45, 7) is 3.71. The molecule has 2 heterocycles. The molecule has 2 atom stereocenters. The van der Waals surface area contributed by atoms with Crippen LogP contribution in [0.5, 0.6) is 0 Å². The number of nitrogens with zero attached hydrogens (tertiary/aromatic N) is 2. The Balaban J connectivity index is 0.00000280. The van der Waals surface area contributed by atoms with Crippen LogP contribution >= 0.6 is 12.4 Å². The number of carbonyl (C=O) groups is 1. The summed E-state index contributed by atoms with van der Waals surface area (Å²) in [7, 11) is -3.56. The highest BCUT2D eigenvalue weighted by molar-refractivity contribution is 7.89. The van der Waals surface area contributed by atoms with E-state index < -0.39 is 10.0 Å². The van der Waals surface area contributed by atoms with E-state index in [1.807, 2.05) is 11.8 Å². The lowest BCUT2D eigenvalue weighted by Crippen LogP contribution is -2.51. The first-order valence-electron chi connectivity index (χ1n) is 10.1. The zero-order chi connectivity index (χ0) is 19.4. The first-order valence-corrected chi connectivity index (χ1v) is 11.5. The molecule has 6 nitrogen and oxygen atoms in total. The van der Waals surface area contributed by atoms with Crippen LogP contribution in [0.15, 0.2) is 29.2 Å². The number of halogens is 1. The predicted octanol–water partition coefficient (Wildman–Crippen LogP) is 3.02. The highest BCUT2D eigenvalue weighted by atomic mass is 35.5. The largest absolute Gasteiger partial charge is 0.334 e. The van der Waals surface area contributed by atoms with Crippen LogP contribution < -0.4 is 5.73 Å². The summed E-state index contributed by atoms with van der Waals surface area (Å²) in [4.78, 5) is 15.1. The Hall–Kier alpha value is -1.15. The Kier molecular flexibility index (Phi) is 8.30. The molecule has 8 heteroatoms. The molecule has 2 unspecified atom stereocenters. The zero-order valence-electron chi connectivity index (χ0n) is 16.5. The topological polar surface area (TPSA) is 83.7 Å². The SMILES string of the molecule is CC(N)C1CCCCN1C(=O)c1cccc(S(=O)(=O)N2CCCCCC2)c1.Cl. The number of nitrogens with two attached hydrogens (primary N) is 1. The van der Waals surface area contributed by atoms with Gasteiger partial charge >= 0.3 is 0 Å². The van der Waals surface area contributed by atoms with Gasteiger partial charge in [0.15, 0.2) is 0 Å². The van der Waals surface area contributed by atoms with Gasteiger partial charge in [-0.05, 0) is 57.2 Å². The summed E-state index contributed by atoms with van der Waals surface area (Å²) >= 11 is 0. The fourth-order valence-electron chi connectivity index (χ4n) is 4.14. The molecule has 158 valence electrons. The molecule has 1 amide bonds. The number of hydrogen-bond donors (Lipinski definition) is 1. The van der Waals surface area contributed by atoms with Crippen LogP contribution in [0.3, 0.4) is 0 Å². The monoisotopic (exact) mass is 429 g/mol. The normalized spacial score (nSPS) is 22.8. The molecule has 3 rings (SSSR count). The Morgan fingerprint density at radius 3 is 2.36 bits per heavy atom.